The van der Waals surface area contributed by atoms with Gasteiger partial charge in [-0.2, -0.15) is 0 Å². The van der Waals surface area contributed by atoms with Crippen molar-refractivity contribution in [2.24, 2.45) is 0 Å². The first kappa shape index (κ1) is 68.3. The van der Waals surface area contributed by atoms with E-state index in [2.05, 4.69) is 88.8 Å². The summed E-state index contributed by atoms with van der Waals surface area (Å²) < 4.78 is 104. The number of benzene rings is 6. The fraction of sp³-hybridized carbons (Fsp3) is 0.299. The lowest BCUT2D eigenvalue weighted by Crippen LogP contribution is -2.42. The van der Waals surface area contributed by atoms with Crippen LogP contribution in [-0.2, 0) is 33.0 Å². The summed E-state index contributed by atoms with van der Waals surface area (Å²) in [5.41, 5.74) is 3.13. The number of hydrogen-bond donors (Lipinski definition) is 3. The lowest BCUT2D eigenvalue weighted by atomic mass is 9.70. The molecular weight excluding hydrogens is 1320 g/mol. The molecule has 1 fully saturated rings. The molecule has 3 N–H and O–H groups in total. The Morgan fingerprint density at radius 1 is 0.916 bits per heavy atom. The number of aliphatic hydroxyl groups excluding tert-OH is 2. The van der Waals surface area contributed by atoms with Gasteiger partial charge in [0.2, 0.25) is 5.88 Å². The number of aliphatic hydroxyl groups is 3. The molecule has 498 valence electrons. The van der Waals surface area contributed by atoms with Gasteiger partial charge in [-0.15, -0.1) is 13.2 Å². The topological polar surface area (TPSA) is 260 Å². The summed E-state index contributed by atoms with van der Waals surface area (Å²) in [5.74, 6) is -2.68. The van der Waals surface area contributed by atoms with Crippen molar-refractivity contribution in [3.8, 4) is 23.5 Å². The van der Waals surface area contributed by atoms with E-state index in [1.54, 1.807) is 7.11 Å². The van der Waals surface area contributed by atoms with E-state index in [0.717, 1.165) is 59.9 Å². The van der Waals surface area contributed by atoms with Crippen molar-refractivity contribution >= 4 is 66.7 Å². The minimum Gasteiger partial charge on any atom is -0.481 e. The monoisotopic (exact) mass is 1380 g/mol. The lowest BCUT2D eigenvalue weighted by molar-refractivity contribution is -0.389. The number of carbonyl (C=O) groups excluding carboxylic acids is 2. The Bertz CT molecular complexity index is 4160. The third-order valence-corrected chi connectivity index (χ3v) is 16.3. The lowest BCUT2D eigenvalue weighted by Gasteiger charge is -2.39. The van der Waals surface area contributed by atoms with Crippen LogP contribution in [0.4, 0.5) is 38.3 Å². The highest BCUT2D eigenvalue weighted by Crippen LogP contribution is 2.49. The van der Waals surface area contributed by atoms with E-state index < -0.39 is 65.3 Å². The van der Waals surface area contributed by atoms with Crippen LogP contribution in [0.15, 0.2) is 167 Å². The average molecular weight is 1380 g/mol. The number of imidazole rings is 1. The van der Waals surface area contributed by atoms with Gasteiger partial charge in [-0.25, -0.2) is 18.6 Å². The van der Waals surface area contributed by atoms with Gasteiger partial charge in [0, 0.05) is 57.6 Å². The third kappa shape index (κ3) is 16.7. The van der Waals surface area contributed by atoms with Crippen molar-refractivity contribution in [1.82, 2.24) is 29.5 Å². The Morgan fingerprint density at radius 3 is 2.33 bits per heavy atom. The second-order valence-corrected chi connectivity index (χ2v) is 23.4. The van der Waals surface area contributed by atoms with Gasteiger partial charge in [0.25, 0.3) is 11.8 Å². The summed E-state index contributed by atoms with van der Waals surface area (Å²) in [4.78, 5) is 47.3. The van der Waals surface area contributed by atoms with Gasteiger partial charge in [-0.05, 0) is 119 Å². The van der Waals surface area contributed by atoms with Crippen LogP contribution in [0.1, 0.15) is 46.6 Å². The van der Waals surface area contributed by atoms with E-state index in [1.807, 2.05) is 62.6 Å². The number of amides is 2. The summed E-state index contributed by atoms with van der Waals surface area (Å²) >= 11 is 3.60. The molecule has 0 saturated carbocycles. The van der Waals surface area contributed by atoms with E-state index in [0.29, 0.717) is 36.5 Å². The van der Waals surface area contributed by atoms with Crippen LogP contribution in [0.2, 0.25) is 0 Å². The number of pyridine rings is 1. The third-order valence-electron chi connectivity index (χ3n) is 15.8. The minimum absolute atomic E-state index is 0.00182. The summed E-state index contributed by atoms with van der Waals surface area (Å²) in [6.07, 6.45) is -3.30. The number of nitro groups is 1. The van der Waals surface area contributed by atoms with Gasteiger partial charge in [-0.1, -0.05) is 107 Å². The molecule has 3 aliphatic rings. The molecule has 5 atom stereocenters. The number of fused-ring (bicyclic) bond motifs is 3. The highest BCUT2D eigenvalue weighted by Gasteiger charge is 2.44. The number of nitrogens with zero attached hydrogens (tertiary/aromatic N) is 8. The minimum atomic E-state index is -4.73. The van der Waals surface area contributed by atoms with Crippen LogP contribution in [0.5, 0.6) is 23.5 Å². The number of methoxy groups -OCH3 is 1. The first-order valence-corrected chi connectivity index (χ1v) is 30.5. The Kier molecular flexibility index (Phi) is 21.7. The SMILES string of the molecule is COc1nc2ccc(Br)cc2cc1[C@@H](c1ccccc1)[C@@](O)(CCN(C)C)c1cccc2ccccc12.O=C([C@@H](O)CO)N1CC=C(c2c(F)cc(N3C[C@H](COc4ccon4)OC3=O)cc2F)CC1.O=[N+]([O-])c1cn2c(n1)OC[C@@H](OCc1ccc(OC(F)(F)F)cc1)C2. The molecule has 6 heterocycles. The molecule has 95 heavy (non-hydrogen) atoms. The molecule has 1 saturated heterocycles. The van der Waals surface area contributed by atoms with Gasteiger partial charge < -0.3 is 68.2 Å². The molecule has 12 rings (SSSR count). The Balaban J connectivity index is 0.000000158. The maximum absolute atomic E-state index is 14.9. The normalized spacial score (nSPS) is 16.6. The van der Waals surface area contributed by atoms with Crippen molar-refractivity contribution in [2.75, 3.05) is 72.1 Å². The standard InChI is InChI=1S/C32H31BrN2O2.C21H21F2N3O7.C14H12F3N3O5/c1-35(2)19-18-32(36,28-15-9-13-22-10-7-8-14-26(22)28)30(23-11-5-4-6-12-23)27-21-24-20-25(33)16-17-29(24)34-31(27)37-3;22-15-7-13(26-9-14(33-21(26)30)11-31-18-3-6-32-24-18)8-16(23)19(15)12-1-4-25(5-2-12)20(29)17(28)10-27;15-14(16,17)25-10-3-1-9(2-4-10)7-23-11-5-19-6-12(20(21)22)18-13(19)24-8-11/h4-17,20-21,30,36H,18-19H2,1-3H3;1,3,6-8,14,17,27-28H,2,4-5,9-11H2;1-4,6,11H,5,7-8H2/t30-,32-;14-,17+;11-/m110/s1. The van der Waals surface area contributed by atoms with Crippen molar-refractivity contribution in [2.45, 2.75) is 62.2 Å². The van der Waals surface area contributed by atoms with Gasteiger partial charge in [0.15, 0.2) is 12.2 Å². The van der Waals surface area contributed by atoms with E-state index in [4.69, 9.17) is 33.8 Å². The molecule has 0 spiro atoms. The zero-order valence-electron chi connectivity index (χ0n) is 51.3. The Hall–Kier alpha value is -9.58. The van der Waals surface area contributed by atoms with E-state index in [-0.39, 0.29) is 86.7 Å². The zero-order valence-corrected chi connectivity index (χ0v) is 52.9. The number of cyclic esters (lactones) is 1. The molecule has 3 aliphatic heterocycles. The first-order valence-electron chi connectivity index (χ1n) is 29.7. The van der Waals surface area contributed by atoms with Gasteiger partial charge in [0.1, 0.15) is 54.8 Å². The van der Waals surface area contributed by atoms with Gasteiger partial charge in [0.05, 0.1) is 44.6 Å². The van der Waals surface area contributed by atoms with Crippen LogP contribution < -0.4 is 23.8 Å². The van der Waals surface area contributed by atoms with Crippen molar-refractivity contribution in [1.29, 1.82) is 0 Å². The van der Waals surface area contributed by atoms with Gasteiger partial charge >= 0.3 is 24.3 Å². The summed E-state index contributed by atoms with van der Waals surface area (Å²) in [7, 11) is 5.73. The molecule has 3 aromatic heterocycles. The van der Waals surface area contributed by atoms with Crippen LogP contribution in [0.25, 0.3) is 27.2 Å². The van der Waals surface area contributed by atoms with E-state index in [9.17, 15) is 51.9 Å². The quantitative estimate of drug-likeness (QED) is 0.0364. The Labute approximate surface area is 548 Å². The number of rotatable bonds is 20. The highest BCUT2D eigenvalue weighted by molar-refractivity contribution is 9.10. The predicted octanol–water partition coefficient (Wildman–Crippen LogP) is 11.1. The highest BCUT2D eigenvalue weighted by atomic mass is 79.9. The van der Waals surface area contributed by atoms with E-state index in [1.165, 1.54) is 58.3 Å². The second-order valence-electron chi connectivity index (χ2n) is 22.5. The number of halogens is 6. The predicted molar refractivity (Wildman–Crippen MR) is 340 cm³/mol. The molecule has 9 aromatic rings. The first-order chi connectivity index (χ1) is 45.6. The number of ether oxygens (including phenoxy) is 6. The number of alkyl halides is 3. The molecule has 0 radical (unpaired) electrons. The molecule has 28 heteroatoms. The van der Waals surface area contributed by atoms with Crippen LogP contribution >= 0.6 is 15.9 Å². The molecule has 0 unspecified atom stereocenters. The van der Waals surface area contributed by atoms with Crippen LogP contribution in [0.3, 0.4) is 0 Å². The maximum Gasteiger partial charge on any atom is 0.573 e. The van der Waals surface area contributed by atoms with Crippen LogP contribution in [-0.4, -0.2) is 154 Å². The fourth-order valence-corrected chi connectivity index (χ4v) is 11.6. The van der Waals surface area contributed by atoms with Crippen molar-refractivity contribution < 1.29 is 84.7 Å². The maximum atomic E-state index is 14.9. The van der Waals surface area contributed by atoms with Crippen molar-refractivity contribution in [3.63, 3.8) is 0 Å². The number of anilines is 1. The summed E-state index contributed by atoms with van der Waals surface area (Å²) in [6.45, 7) is 0.834. The number of aromatic nitrogens is 4. The molecule has 6 aromatic carbocycles. The number of carbonyl (C=O) groups is 2. The zero-order chi connectivity index (χ0) is 67.6. The van der Waals surface area contributed by atoms with Crippen LogP contribution in [0, 0.1) is 21.7 Å². The summed E-state index contributed by atoms with van der Waals surface area (Å²) in [5, 5.41) is 48.8. The smallest absolute Gasteiger partial charge is 0.481 e. The fourth-order valence-electron chi connectivity index (χ4n) is 11.2. The van der Waals surface area contributed by atoms with Gasteiger partial charge in [-0.3, -0.25) is 14.3 Å². The molecule has 0 aliphatic carbocycles. The molecular formula is C67H64BrF5N8O14. The van der Waals surface area contributed by atoms with E-state index >= 15 is 0 Å². The van der Waals surface area contributed by atoms with Crippen molar-refractivity contribution in [3.05, 3.63) is 212 Å². The largest absolute Gasteiger partial charge is 0.573 e. The second kappa shape index (κ2) is 30.2. The summed E-state index contributed by atoms with van der Waals surface area (Å²) in [6, 6.07) is 41.9. The Morgan fingerprint density at radius 2 is 1.65 bits per heavy atom. The molecule has 2 amide bonds. The molecule has 0 bridgehead atoms. The molecule has 22 nitrogen and oxygen atoms in total. The average Bonchev–Trinajstić information content (AvgIpc) is 1.41. The number of hydrogen-bond acceptors (Lipinski definition) is 18.